The van der Waals surface area contributed by atoms with Gasteiger partial charge in [0.1, 0.15) is 0 Å². The fourth-order valence-corrected chi connectivity index (χ4v) is 3.25. The Morgan fingerprint density at radius 3 is 2.94 bits per heavy atom. The highest BCUT2D eigenvalue weighted by Gasteiger charge is 2.25. The van der Waals surface area contributed by atoms with E-state index in [0.29, 0.717) is 19.0 Å². The van der Waals surface area contributed by atoms with Gasteiger partial charge in [0.25, 0.3) is 0 Å². The van der Waals surface area contributed by atoms with Crippen molar-refractivity contribution in [2.75, 3.05) is 19.3 Å². The molecule has 0 spiro atoms. The summed E-state index contributed by atoms with van der Waals surface area (Å²) in [4.78, 5) is 4.29. The molecule has 17 heavy (non-hydrogen) atoms. The summed E-state index contributed by atoms with van der Waals surface area (Å²) in [6, 6.07) is 5.87. The lowest BCUT2D eigenvalue weighted by atomic mass is 9.94. The zero-order chi connectivity index (χ0) is 12.3. The van der Waals surface area contributed by atoms with Gasteiger partial charge in [-0.3, -0.25) is 4.98 Å². The van der Waals surface area contributed by atoms with Gasteiger partial charge >= 0.3 is 0 Å². The second-order valence-electron chi connectivity index (χ2n) is 4.65. The van der Waals surface area contributed by atoms with E-state index in [0.717, 1.165) is 25.0 Å². The van der Waals surface area contributed by atoms with Gasteiger partial charge in [0, 0.05) is 25.0 Å². The fourth-order valence-electron chi connectivity index (χ4n) is 2.31. The molecule has 0 aromatic carbocycles. The predicted molar refractivity (Wildman–Crippen MR) is 67.1 cm³/mol. The molecule has 2 rings (SSSR count). The second-order valence-corrected chi connectivity index (χ2v) is 6.64. The maximum absolute atomic E-state index is 11.5. The Morgan fingerprint density at radius 2 is 2.29 bits per heavy atom. The Balaban J connectivity index is 1.99. The van der Waals surface area contributed by atoms with Crippen molar-refractivity contribution in [2.45, 2.75) is 19.3 Å². The van der Waals surface area contributed by atoms with E-state index in [1.165, 1.54) is 6.26 Å². The van der Waals surface area contributed by atoms with Crippen LogP contribution in [0, 0.1) is 5.92 Å². The van der Waals surface area contributed by atoms with Crippen LogP contribution >= 0.6 is 0 Å². The molecule has 1 aromatic heterocycles. The third kappa shape index (κ3) is 3.51. The average Bonchev–Trinajstić information content (AvgIpc) is 2.29. The van der Waals surface area contributed by atoms with Gasteiger partial charge in [-0.1, -0.05) is 6.07 Å². The maximum atomic E-state index is 11.5. The first-order valence-electron chi connectivity index (χ1n) is 5.91. The number of nitrogens with zero attached hydrogens (tertiary/aromatic N) is 2. The largest absolute Gasteiger partial charge is 0.261 e. The minimum absolute atomic E-state index is 0.397. The third-order valence-electron chi connectivity index (χ3n) is 3.17. The zero-order valence-corrected chi connectivity index (χ0v) is 10.9. The molecule has 1 aliphatic rings. The molecule has 4 nitrogen and oxygen atoms in total. The van der Waals surface area contributed by atoms with Crippen molar-refractivity contribution in [1.29, 1.82) is 0 Å². The van der Waals surface area contributed by atoms with E-state index < -0.39 is 10.0 Å². The van der Waals surface area contributed by atoms with Crippen LogP contribution in [-0.4, -0.2) is 37.1 Å². The van der Waals surface area contributed by atoms with Gasteiger partial charge < -0.3 is 0 Å². The van der Waals surface area contributed by atoms with E-state index in [4.69, 9.17) is 0 Å². The first-order chi connectivity index (χ1) is 8.05. The molecule has 1 fully saturated rings. The van der Waals surface area contributed by atoms with Crippen LogP contribution in [0.1, 0.15) is 18.5 Å². The smallest absolute Gasteiger partial charge is 0.211 e. The van der Waals surface area contributed by atoms with Gasteiger partial charge in [-0.2, -0.15) is 0 Å². The Morgan fingerprint density at radius 1 is 1.47 bits per heavy atom. The molecule has 1 atom stereocenters. The highest BCUT2D eigenvalue weighted by atomic mass is 32.2. The van der Waals surface area contributed by atoms with Gasteiger partial charge in [-0.05, 0) is 37.3 Å². The molecule has 1 saturated heterocycles. The molecule has 0 saturated carbocycles. The molecule has 0 radical (unpaired) electrons. The number of pyridine rings is 1. The van der Waals surface area contributed by atoms with Gasteiger partial charge in [-0.15, -0.1) is 0 Å². The summed E-state index contributed by atoms with van der Waals surface area (Å²) in [5, 5.41) is 0. The lowest BCUT2D eigenvalue weighted by Crippen LogP contribution is -2.39. The van der Waals surface area contributed by atoms with E-state index in [1.807, 2.05) is 18.2 Å². The summed E-state index contributed by atoms with van der Waals surface area (Å²) in [6.45, 7) is 1.30. The van der Waals surface area contributed by atoms with Gasteiger partial charge in [0.15, 0.2) is 0 Å². The number of aromatic nitrogens is 1. The predicted octanol–water partition coefficient (Wildman–Crippen LogP) is 1.30. The Bertz CT molecular complexity index is 459. The molecule has 0 aliphatic carbocycles. The number of piperidine rings is 1. The van der Waals surface area contributed by atoms with Crippen LogP contribution in [-0.2, 0) is 16.4 Å². The second kappa shape index (κ2) is 5.14. The van der Waals surface area contributed by atoms with E-state index in [-0.39, 0.29) is 0 Å². The Labute approximate surface area is 103 Å². The Kier molecular flexibility index (Phi) is 3.79. The van der Waals surface area contributed by atoms with Crippen molar-refractivity contribution in [3.8, 4) is 0 Å². The molecule has 2 heterocycles. The van der Waals surface area contributed by atoms with Crippen molar-refractivity contribution in [3.05, 3.63) is 30.1 Å². The maximum Gasteiger partial charge on any atom is 0.211 e. The minimum Gasteiger partial charge on any atom is -0.261 e. The quantitative estimate of drug-likeness (QED) is 0.817. The molecular weight excluding hydrogens is 236 g/mol. The van der Waals surface area contributed by atoms with E-state index >= 15 is 0 Å². The molecule has 5 heteroatoms. The van der Waals surface area contributed by atoms with Crippen LogP contribution in [0.5, 0.6) is 0 Å². The molecule has 0 unspecified atom stereocenters. The highest BCUT2D eigenvalue weighted by molar-refractivity contribution is 7.88. The van der Waals surface area contributed by atoms with Crippen LogP contribution in [0.25, 0.3) is 0 Å². The lowest BCUT2D eigenvalue weighted by molar-refractivity contribution is 0.265. The number of hydrogen-bond donors (Lipinski definition) is 0. The van der Waals surface area contributed by atoms with Gasteiger partial charge in [0.05, 0.1) is 6.26 Å². The molecular formula is C12H18N2O2S. The average molecular weight is 254 g/mol. The van der Waals surface area contributed by atoms with E-state index in [9.17, 15) is 8.42 Å². The SMILES string of the molecule is CS(=O)(=O)N1CCC[C@@H](Cc2ccccn2)C1. The van der Waals surface area contributed by atoms with Gasteiger partial charge in [-0.25, -0.2) is 12.7 Å². The summed E-state index contributed by atoms with van der Waals surface area (Å²) >= 11 is 0. The van der Waals surface area contributed by atoms with Crippen molar-refractivity contribution in [1.82, 2.24) is 9.29 Å². The topological polar surface area (TPSA) is 50.3 Å². The van der Waals surface area contributed by atoms with Gasteiger partial charge in [0.2, 0.25) is 10.0 Å². The third-order valence-corrected chi connectivity index (χ3v) is 4.44. The Hall–Kier alpha value is -0.940. The van der Waals surface area contributed by atoms with Crippen molar-refractivity contribution in [2.24, 2.45) is 5.92 Å². The molecule has 1 aromatic rings. The first kappa shape index (κ1) is 12.5. The monoisotopic (exact) mass is 254 g/mol. The van der Waals surface area contributed by atoms with Crippen LogP contribution in [0.3, 0.4) is 0 Å². The standard InChI is InChI=1S/C12H18N2O2S/c1-17(15,16)14-8-4-5-11(10-14)9-12-6-2-3-7-13-12/h2-3,6-7,11H,4-5,8-10H2,1H3/t11-/m0/s1. The summed E-state index contributed by atoms with van der Waals surface area (Å²) in [7, 11) is -3.04. The molecule has 1 aliphatic heterocycles. The molecule has 0 N–H and O–H groups in total. The van der Waals surface area contributed by atoms with Crippen LogP contribution in [0.2, 0.25) is 0 Å². The van der Waals surface area contributed by atoms with Crippen molar-refractivity contribution < 1.29 is 8.42 Å². The number of rotatable bonds is 3. The van der Waals surface area contributed by atoms with Crippen molar-refractivity contribution >= 4 is 10.0 Å². The normalized spacial score (nSPS) is 22.5. The fraction of sp³-hybridized carbons (Fsp3) is 0.583. The minimum atomic E-state index is -3.04. The summed E-state index contributed by atoms with van der Waals surface area (Å²) < 4.78 is 24.6. The summed E-state index contributed by atoms with van der Waals surface area (Å²) in [5.41, 5.74) is 1.05. The van der Waals surface area contributed by atoms with E-state index in [2.05, 4.69) is 4.98 Å². The lowest BCUT2D eigenvalue weighted by Gasteiger charge is -2.30. The number of hydrogen-bond acceptors (Lipinski definition) is 3. The van der Waals surface area contributed by atoms with Crippen molar-refractivity contribution in [3.63, 3.8) is 0 Å². The summed E-state index contributed by atoms with van der Waals surface area (Å²) in [6.07, 6.45) is 5.97. The van der Waals surface area contributed by atoms with E-state index in [1.54, 1.807) is 10.5 Å². The molecule has 0 bridgehead atoms. The highest BCUT2D eigenvalue weighted by Crippen LogP contribution is 2.21. The van der Waals surface area contributed by atoms with Crippen LogP contribution in [0.4, 0.5) is 0 Å². The molecule has 94 valence electrons. The zero-order valence-electron chi connectivity index (χ0n) is 10.0. The molecule has 0 amide bonds. The van der Waals surface area contributed by atoms with Crippen LogP contribution < -0.4 is 0 Å². The first-order valence-corrected chi connectivity index (χ1v) is 7.75. The summed E-state index contributed by atoms with van der Waals surface area (Å²) in [5.74, 6) is 0.397. The number of sulfonamides is 1. The van der Waals surface area contributed by atoms with Crippen LogP contribution in [0.15, 0.2) is 24.4 Å².